The summed E-state index contributed by atoms with van der Waals surface area (Å²) in [5.74, 6) is -1.45. The van der Waals surface area contributed by atoms with Gasteiger partial charge in [0.2, 0.25) is 0 Å². The Balaban J connectivity index is 2.82. The van der Waals surface area contributed by atoms with E-state index < -0.39 is 5.97 Å². The number of carboxylic acids is 1. The van der Waals surface area contributed by atoms with Gasteiger partial charge >= 0.3 is 5.97 Å². The van der Waals surface area contributed by atoms with Crippen molar-refractivity contribution in [3.05, 3.63) is 10.6 Å². The second-order valence-corrected chi connectivity index (χ2v) is 5.25. The minimum absolute atomic E-state index is 0.174. The van der Waals surface area contributed by atoms with E-state index in [1.54, 1.807) is 0 Å². The zero-order valence-corrected chi connectivity index (χ0v) is 11.7. The van der Waals surface area contributed by atoms with E-state index in [0.29, 0.717) is 11.7 Å². The molecule has 0 saturated carbocycles. The van der Waals surface area contributed by atoms with Gasteiger partial charge in [-0.1, -0.05) is 11.3 Å². The molecule has 0 bridgehead atoms. The summed E-state index contributed by atoms with van der Waals surface area (Å²) in [6.45, 7) is 4.01. The lowest BCUT2D eigenvalue weighted by molar-refractivity contribution is 0.0687. The number of nitrogens with one attached hydrogen (secondary N) is 1. The number of hydrogen-bond acceptors (Lipinski definition) is 6. The quantitative estimate of drug-likeness (QED) is 0.761. The molecular formula is C11H17N3O3S. The third-order valence-electron chi connectivity index (χ3n) is 2.58. The molecule has 0 fully saturated rings. The van der Waals surface area contributed by atoms with Crippen LogP contribution in [0.2, 0.25) is 0 Å². The standard InChI is InChI=1S/C11H17N3O3S/c1-6(14(3)4)5-12-11-13-8(10(16)17)9(18-11)7(2)15/h6H,5H2,1-4H3,(H,12,13)(H,16,17). The Labute approximate surface area is 110 Å². The summed E-state index contributed by atoms with van der Waals surface area (Å²) in [7, 11) is 3.91. The van der Waals surface area contributed by atoms with Crippen molar-refractivity contribution in [2.24, 2.45) is 0 Å². The number of carbonyl (C=O) groups excluding carboxylic acids is 1. The largest absolute Gasteiger partial charge is 0.476 e. The first-order chi connectivity index (χ1) is 8.32. The topological polar surface area (TPSA) is 82.5 Å². The SMILES string of the molecule is CC(=O)c1sc(NCC(C)N(C)C)nc1C(=O)O. The number of hydrogen-bond donors (Lipinski definition) is 2. The summed E-state index contributed by atoms with van der Waals surface area (Å²) in [6.07, 6.45) is 0. The molecule has 1 heterocycles. The number of carbonyl (C=O) groups is 2. The lowest BCUT2D eigenvalue weighted by atomic mass is 10.3. The molecule has 0 spiro atoms. The lowest BCUT2D eigenvalue weighted by Crippen LogP contribution is -2.31. The van der Waals surface area contributed by atoms with E-state index in [2.05, 4.69) is 10.3 Å². The molecule has 0 aliphatic carbocycles. The molecule has 0 aromatic carbocycles. The predicted molar refractivity (Wildman–Crippen MR) is 70.7 cm³/mol. The zero-order valence-electron chi connectivity index (χ0n) is 10.9. The Hall–Kier alpha value is -1.47. The van der Waals surface area contributed by atoms with E-state index in [0.717, 1.165) is 11.3 Å². The molecule has 0 saturated heterocycles. The van der Waals surface area contributed by atoms with E-state index in [4.69, 9.17) is 5.11 Å². The van der Waals surface area contributed by atoms with Crippen LogP contribution in [0.5, 0.6) is 0 Å². The molecule has 100 valence electrons. The number of thiazole rings is 1. The number of aromatic carboxylic acids is 1. The van der Waals surface area contributed by atoms with Crippen LogP contribution >= 0.6 is 11.3 Å². The highest BCUT2D eigenvalue weighted by Crippen LogP contribution is 2.23. The summed E-state index contributed by atoms with van der Waals surface area (Å²) < 4.78 is 0. The number of ketones is 1. The van der Waals surface area contributed by atoms with Gasteiger partial charge in [0.05, 0.1) is 0 Å². The highest BCUT2D eigenvalue weighted by Gasteiger charge is 2.20. The van der Waals surface area contributed by atoms with Gasteiger partial charge in [0.1, 0.15) is 4.88 Å². The van der Waals surface area contributed by atoms with Crippen molar-refractivity contribution < 1.29 is 14.7 Å². The maximum atomic E-state index is 11.3. The highest BCUT2D eigenvalue weighted by molar-refractivity contribution is 7.17. The normalized spacial score (nSPS) is 12.5. The Morgan fingerprint density at radius 2 is 2.11 bits per heavy atom. The molecule has 0 radical (unpaired) electrons. The van der Waals surface area contributed by atoms with Crippen LogP contribution < -0.4 is 5.32 Å². The number of carboxylic acid groups (broad SMARTS) is 1. The first-order valence-electron chi connectivity index (χ1n) is 5.48. The van der Waals surface area contributed by atoms with E-state index in [1.807, 2.05) is 25.9 Å². The zero-order chi connectivity index (χ0) is 13.9. The summed E-state index contributed by atoms with van der Waals surface area (Å²) in [5, 5.41) is 12.5. The summed E-state index contributed by atoms with van der Waals surface area (Å²) >= 11 is 1.08. The lowest BCUT2D eigenvalue weighted by Gasteiger charge is -2.19. The fraction of sp³-hybridized carbons (Fsp3) is 0.545. The number of nitrogens with zero attached hydrogens (tertiary/aromatic N) is 2. The van der Waals surface area contributed by atoms with E-state index in [9.17, 15) is 9.59 Å². The number of rotatable bonds is 6. The van der Waals surface area contributed by atoms with Crippen molar-refractivity contribution in [3.8, 4) is 0 Å². The molecule has 1 aromatic rings. The summed E-state index contributed by atoms with van der Waals surface area (Å²) in [6, 6.07) is 0.281. The average Bonchev–Trinajstić information content (AvgIpc) is 2.69. The van der Waals surface area contributed by atoms with Crippen molar-refractivity contribution >= 4 is 28.2 Å². The van der Waals surface area contributed by atoms with Crippen LogP contribution in [-0.2, 0) is 0 Å². The first kappa shape index (κ1) is 14.6. The summed E-state index contributed by atoms with van der Waals surface area (Å²) in [4.78, 5) is 28.4. The number of aromatic nitrogens is 1. The molecule has 2 N–H and O–H groups in total. The van der Waals surface area contributed by atoms with Crippen molar-refractivity contribution in [2.75, 3.05) is 26.0 Å². The monoisotopic (exact) mass is 271 g/mol. The molecule has 6 nitrogen and oxygen atoms in total. The molecule has 1 aromatic heterocycles. The van der Waals surface area contributed by atoms with Crippen LogP contribution in [0.3, 0.4) is 0 Å². The van der Waals surface area contributed by atoms with E-state index in [1.165, 1.54) is 6.92 Å². The van der Waals surface area contributed by atoms with Crippen molar-refractivity contribution in [2.45, 2.75) is 19.9 Å². The van der Waals surface area contributed by atoms with Gasteiger partial charge in [0.25, 0.3) is 0 Å². The Kier molecular flexibility index (Phi) is 4.80. The molecule has 1 rings (SSSR count). The van der Waals surface area contributed by atoms with Crippen LogP contribution in [0, 0.1) is 0 Å². The first-order valence-corrected chi connectivity index (χ1v) is 6.30. The number of Topliss-reactive ketones (excluding diaryl/α,β-unsaturated/α-hetero) is 1. The molecule has 1 unspecified atom stereocenters. The smallest absolute Gasteiger partial charge is 0.356 e. The third kappa shape index (κ3) is 3.51. The Morgan fingerprint density at radius 3 is 2.50 bits per heavy atom. The van der Waals surface area contributed by atoms with Crippen LogP contribution in [0.15, 0.2) is 0 Å². The fourth-order valence-corrected chi connectivity index (χ4v) is 2.06. The fourth-order valence-electron chi connectivity index (χ4n) is 1.20. The van der Waals surface area contributed by atoms with Crippen molar-refractivity contribution in [1.29, 1.82) is 0 Å². The van der Waals surface area contributed by atoms with Gasteiger partial charge in [0, 0.05) is 19.5 Å². The second-order valence-electron chi connectivity index (χ2n) is 4.25. The Morgan fingerprint density at radius 1 is 1.50 bits per heavy atom. The minimum atomic E-state index is -1.18. The second kappa shape index (κ2) is 5.92. The minimum Gasteiger partial charge on any atom is -0.476 e. The predicted octanol–water partition coefficient (Wildman–Crippen LogP) is 1.41. The van der Waals surface area contributed by atoms with Crippen LogP contribution in [0.4, 0.5) is 5.13 Å². The molecule has 1 atom stereocenters. The maximum absolute atomic E-state index is 11.3. The summed E-state index contributed by atoms with van der Waals surface area (Å²) in [5.41, 5.74) is -0.174. The molecule has 0 aliphatic rings. The molecular weight excluding hydrogens is 254 g/mol. The van der Waals surface area contributed by atoms with Gasteiger partial charge in [0.15, 0.2) is 16.6 Å². The van der Waals surface area contributed by atoms with E-state index in [-0.39, 0.29) is 22.4 Å². The van der Waals surface area contributed by atoms with Crippen LogP contribution in [0.1, 0.15) is 34.0 Å². The number of likely N-dealkylation sites (N-methyl/N-ethyl adjacent to an activating group) is 1. The average molecular weight is 271 g/mol. The third-order valence-corrected chi connectivity index (χ3v) is 3.69. The van der Waals surface area contributed by atoms with Gasteiger partial charge in [-0.05, 0) is 21.0 Å². The molecule has 0 aliphatic heterocycles. The van der Waals surface area contributed by atoms with Gasteiger partial charge in [-0.15, -0.1) is 0 Å². The van der Waals surface area contributed by atoms with E-state index >= 15 is 0 Å². The van der Waals surface area contributed by atoms with Gasteiger partial charge < -0.3 is 15.3 Å². The van der Waals surface area contributed by atoms with Gasteiger partial charge in [-0.25, -0.2) is 9.78 Å². The number of anilines is 1. The van der Waals surface area contributed by atoms with Crippen LogP contribution in [0.25, 0.3) is 0 Å². The molecule has 0 amide bonds. The van der Waals surface area contributed by atoms with Gasteiger partial charge in [-0.2, -0.15) is 0 Å². The van der Waals surface area contributed by atoms with Crippen LogP contribution in [-0.4, -0.2) is 53.4 Å². The van der Waals surface area contributed by atoms with Gasteiger partial charge in [-0.3, -0.25) is 4.79 Å². The Bertz CT molecular complexity index is 425. The highest BCUT2D eigenvalue weighted by atomic mass is 32.1. The van der Waals surface area contributed by atoms with Crippen molar-refractivity contribution in [3.63, 3.8) is 0 Å². The maximum Gasteiger partial charge on any atom is 0.356 e. The molecule has 18 heavy (non-hydrogen) atoms. The van der Waals surface area contributed by atoms with Crippen molar-refractivity contribution in [1.82, 2.24) is 9.88 Å². The molecule has 7 heteroatoms.